The topological polar surface area (TPSA) is 87.0 Å². The Bertz CT molecular complexity index is 1140. The summed E-state index contributed by atoms with van der Waals surface area (Å²) in [5, 5.41) is 15.7. The molecule has 1 saturated heterocycles. The largest absolute Gasteiger partial charge is 0.438 e. The van der Waals surface area contributed by atoms with Gasteiger partial charge >= 0.3 is 0 Å². The van der Waals surface area contributed by atoms with Crippen molar-refractivity contribution in [3.05, 3.63) is 83.6 Å². The fourth-order valence-corrected chi connectivity index (χ4v) is 4.40. The number of amides is 1. The summed E-state index contributed by atoms with van der Waals surface area (Å²) < 4.78 is 5.78. The minimum Gasteiger partial charge on any atom is -0.438 e. The second-order valence-corrected chi connectivity index (χ2v) is 7.25. The second kappa shape index (κ2) is 6.73. The maximum absolute atomic E-state index is 13.0. The normalized spacial score (nSPS) is 22.2. The van der Waals surface area contributed by atoms with Gasteiger partial charge in [-0.1, -0.05) is 30.3 Å². The molecule has 5 rings (SSSR count). The van der Waals surface area contributed by atoms with Crippen LogP contribution < -0.4 is 15.4 Å². The van der Waals surface area contributed by atoms with Crippen molar-refractivity contribution in [1.29, 1.82) is 5.26 Å². The lowest BCUT2D eigenvalue weighted by Crippen LogP contribution is -2.39. The third kappa shape index (κ3) is 2.67. The SMILES string of the molecule is N#Cc1cccnc1Oc1ccc([C@@H]2NCC[C@]23C(=O)Nc2ccccc23)cc1. The van der Waals surface area contributed by atoms with E-state index < -0.39 is 5.41 Å². The van der Waals surface area contributed by atoms with Gasteiger partial charge in [-0.25, -0.2) is 4.98 Å². The molecule has 0 aliphatic carbocycles. The number of hydrogen-bond acceptors (Lipinski definition) is 5. The summed E-state index contributed by atoms with van der Waals surface area (Å²) in [5.41, 5.74) is 2.74. The minimum atomic E-state index is -0.603. The molecule has 1 spiro atoms. The Morgan fingerprint density at radius 1 is 1.10 bits per heavy atom. The van der Waals surface area contributed by atoms with Gasteiger partial charge in [0.25, 0.3) is 0 Å². The zero-order chi connectivity index (χ0) is 19.8. The van der Waals surface area contributed by atoms with Gasteiger partial charge in [0.05, 0.1) is 11.5 Å². The van der Waals surface area contributed by atoms with E-state index in [0.29, 0.717) is 11.3 Å². The summed E-state index contributed by atoms with van der Waals surface area (Å²) in [6.07, 6.45) is 2.34. The number of nitrogens with zero attached hydrogens (tertiary/aromatic N) is 2. The molecular formula is C23H18N4O2. The van der Waals surface area contributed by atoms with Crippen LogP contribution in [0.3, 0.4) is 0 Å². The van der Waals surface area contributed by atoms with Crippen LogP contribution in [-0.2, 0) is 10.2 Å². The number of hydrogen-bond donors (Lipinski definition) is 2. The minimum absolute atomic E-state index is 0.0428. The molecule has 3 aromatic rings. The van der Waals surface area contributed by atoms with Crippen LogP contribution in [0.15, 0.2) is 66.9 Å². The number of anilines is 1. The summed E-state index contributed by atoms with van der Waals surface area (Å²) >= 11 is 0. The number of aromatic nitrogens is 1. The van der Waals surface area contributed by atoms with E-state index in [0.717, 1.165) is 29.8 Å². The number of nitriles is 1. The van der Waals surface area contributed by atoms with Gasteiger partial charge in [0, 0.05) is 11.9 Å². The van der Waals surface area contributed by atoms with Gasteiger partial charge in [-0.3, -0.25) is 4.79 Å². The number of carbonyl (C=O) groups excluding carboxylic acids is 1. The molecule has 6 heteroatoms. The lowest BCUT2D eigenvalue weighted by molar-refractivity contribution is -0.121. The van der Waals surface area contributed by atoms with E-state index in [9.17, 15) is 10.1 Å². The van der Waals surface area contributed by atoms with E-state index in [2.05, 4.69) is 21.7 Å². The molecule has 2 N–H and O–H groups in total. The summed E-state index contributed by atoms with van der Waals surface area (Å²) in [7, 11) is 0. The van der Waals surface area contributed by atoms with Crippen molar-refractivity contribution >= 4 is 11.6 Å². The highest BCUT2D eigenvalue weighted by atomic mass is 16.5. The number of carbonyl (C=O) groups is 1. The van der Waals surface area contributed by atoms with Crippen LogP contribution in [0.4, 0.5) is 5.69 Å². The third-order valence-corrected chi connectivity index (χ3v) is 5.74. The number of nitrogens with one attached hydrogen (secondary N) is 2. The first kappa shape index (κ1) is 17.4. The van der Waals surface area contributed by atoms with Crippen LogP contribution >= 0.6 is 0 Å². The molecule has 0 unspecified atom stereocenters. The number of ether oxygens (including phenoxy) is 1. The van der Waals surface area contributed by atoms with Crippen molar-refractivity contribution < 1.29 is 9.53 Å². The first-order chi connectivity index (χ1) is 14.2. The molecule has 1 amide bonds. The Hall–Kier alpha value is -3.69. The Kier molecular flexibility index (Phi) is 4.04. The van der Waals surface area contributed by atoms with Crippen molar-refractivity contribution in [3.8, 4) is 17.7 Å². The number of fused-ring (bicyclic) bond motifs is 2. The smallest absolute Gasteiger partial charge is 0.237 e. The standard InChI is InChI=1S/C23H18N4O2/c24-14-16-4-3-12-26-21(16)29-17-9-7-15(8-10-17)20-23(11-13-25-20)18-5-1-2-6-19(18)27-22(23)28/h1-10,12,20,25H,11,13H2,(H,27,28)/t20-,23+/m0/s1. The molecule has 0 saturated carbocycles. The van der Waals surface area contributed by atoms with Gasteiger partial charge < -0.3 is 15.4 Å². The third-order valence-electron chi connectivity index (χ3n) is 5.74. The predicted molar refractivity (Wildman–Crippen MR) is 108 cm³/mol. The molecule has 2 atom stereocenters. The van der Waals surface area contributed by atoms with Crippen molar-refractivity contribution in [1.82, 2.24) is 10.3 Å². The van der Waals surface area contributed by atoms with Crippen molar-refractivity contribution in [2.75, 3.05) is 11.9 Å². The predicted octanol–water partition coefficient (Wildman–Crippen LogP) is 3.67. The molecule has 0 bridgehead atoms. The maximum atomic E-state index is 13.0. The average molecular weight is 382 g/mol. The highest BCUT2D eigenvalue weighted by Gasteiger charge is 2.55. The van der Waals surface area contributed by atoms with Gasteiger partial charge in [0.2, 0.25) is 11.8 Å². The van der Waals surface area contributed by atoms with Crippen molar-refractivity contribution in [2.24, 2.45) is 0 Å². The lowest BCUT2D eigenvalue weighted by Gasteiger charge is -2.29. The number of pyridine rings is 1. The van der Waals surface area contributed by atoms with Crippen LogP contribution in [0.5, 0.6) is 11.6 Å². The molecule has 2 aliphatic rings. The molecule has 29 heavy (non-hydrogen) atoms. The Morgan fingerprint density at radius 3 is 2.76 bits per heavy atom. The van der Waals surface area contributed by atoms with Gasteiger partial charge in [-0.15, -0.1) is 0 Å². The van der Waals surface area contributed by atoms with E-state index in [-0.39, 0.29) is 17.8 Å². The summed E-state index contributed by atoms with van der Waals surface area (Å²) in [5.74, 6) is 0.913. The van der Waals surface area contributed by atoms with Crippen LogP contribution in [0.1, 0.15) is 29.2 Å². The van der Waals surface area contributed by atoms with Crippen LogP contribution in [-0.4, -0.2) is 17.4 Å². The van der Waals surface area contributed by atoms with Gasteiger partial charge in [-0.05, 0) is 54.4 Å². The lowest BCUT2D eigenvalue weighted by atomic mass is 9.73. The van der Waals surface area contributed by atoms with Crippen LogP contribution in [0.2, 0.25) is 0 Å². The maximum Gasteiger partial charge on any atom is 0.237 e. The Labute approximate surface area is 168 Å². The first-order valence-electron chi connectivity index (χ1n) is 9.49. The molecule has 1 fully saturated rings. The average Bonchev–Trinajstić information content (AvgIpc) is 3.32. The highest BCUT2D eigenvalue weighted by molar-refractivity contribution is 6.07. The Balaban J connectivity index is 1.46. The molecule has 2 aliphatic heterocycles. The van der Waals surface area contributed by atoms with Gasteiger partial charge in [0.15, 0.2) is 0 Å². The number of benzene rings is 2. The van der Waals surface area contributed by atoms with Gasteiger partial charge in [0.1, 0.15) is 17.4 Å². The summed E-state index contributed by atoms with van der Waals surface area (Å²) in [6.45, 7) is 0.768. The summed E-state index contributed by atoms with van der Waals surface area (Å²) in [4.78, 5) is 17.1. The molecule has 142 valence electrons. The van der Waals surface area contributed by atoms with Crippen molar-refractivity contribution in [3.63, 3.8) is 0 Å². The van der Waals surface area contributed by atoms with Crippen molar-refractivity contribution in [2.45, 2.75) is 17.9 Å². The van der Waals surface area contributed by atoms with Crippen LogP contribution in [0.25, 0.3) is 0 Å². The van der Waals surface area contributed by atoms with Crippen LogP contribution in [0, 0.1) is 11.3 Å². The molecule has 1 aromatic heterocycles. The first-order valence-corrected chi connectivity index (χ1v) is 9.49. The molecule has 2 aromatic carbocycles. The van der Waals surface area contributed by atoms with E-state index >= 15 is 0 Å². The number of para-hydroxylation sites is 1. The van der Waals surface area contributed by atoms with E-state index in [4.69, 9.17) is 4.74 Å². The quantitative estimate of drug-likeness (QED) is 0.722. The highest BCUT2D eigenvalue weighted by Crippen LogP contribution is 2.51. The fraction of sp³-hybridized carbons (Fsp3) is 0.174. The monoisotopic (exact) mass is 382 g/mol. The van der Waals surface area contributed by atoms with Gasteiger partial charge in [-0.2, -0.15) is 5.26 Å². The summed E-state index contributed by atoms with van der Waals surface area (Å²) in [6, 6.07) is 20.8. The number of rotatable bonds is 3. The zero-order valence-electron chi connectivity index (χ0n) is 15.6. The van der Waals surface area contributed by atoms with E-state index in [1.54, 1.807) is 18.3 Å². The zero-order valence-corrected chi connectivity index (χ0v) is 15.6. The molecule has 3 heterocycles. The second-order valence-electron chi connectivity index (χ2n) is 7.25. The molecule has 0 radical (unpaired) electrons. The molecule has 6 nitrogen and oxygen atoms in total. The van der Waals surface area contributed by atoms with E-state index in [1.165, 1.54) is 0 Å². The molecular weight excluding hydrogens is 364 g/mol. The fourth-order valence-electron chi connectivity index (χ4n) is 4.40. The Morgan fingerprint density at radius 2 is 1.93 bits per heavy atom. The van der Waals surface area contributed by atoms with E-state index in [1.807, 2.05) is 48.5 Å².